The Morgan fingerprint density at radius 3 is 2.77 bits per heavy atom. The van der Waals surface area contributed by atoms with E-state index in [0.29, 0.717) is 38.5 Å². The molecule has 3 atom stereocenters. The molecule has 0 aliphatic carbocycles. The van der Waals surface area contributed by atoms with Gasteiger partial charge in [0.25, 0.3) is 0 Å². The van der Waals surface area contributed by atoms with Crippen molar-refractivity contribution in [3.63, 3.8) is 0 Å². The van der Waals surface area contributed by atoms with Crippen LogP contribution < -0.4 is 10.6 Å². The molecule has 1 aliphatic heterocycles. The first kappa shape index (κ1) is 24.9. The van der Waals surface area contributed by atoms with Crippen LogP contribution in [0.1, 0.15) is 45.1 Å². The van der Waals surface area contributed by atoms with E-state index in [1.165, 1.54) is 0 Å². The Bertz CT molecular complexity index is 608. The van der Waals surface area contributed by atoms with Gasteiger partial charge in [-0.05, 0) is 30.2 Å². The number of benzene rings is 1. The molecule has 0 saturated carbocycles. The quantitative estimate of drug-likeness (QED) is 0.323. The molecule has 2 rings (SSSR count). The van der Waals surface area contributed by atoms with Gasteiger partial charge in [-0.25, -0.2) is 4.79 Å². The van der Waals surface area contributed by atoms with Crippen LogP contribution in [0.15, 0.2) is 30.3 Å². The van der Waals surface area contributed by atoms with E-state index in [0.717, 1.165) is 31.4 Å². The van der Waals surface area contributed by atoms with Gasteiger partial charge < -0.3 is 25.2 Å². The van der Waals surface area contributed by atoms with Gasteiger partial charge in [0.1, 0.15) is 6.10 Å². The fraction of sp³-hybridized carbons (Fsp3) is 0.696. The summed E-state index contributed by atoms with van der Waals surface area (Å²) in [5, 5.41) is 17.0. The molecule has 1 fully saturated rings. The topological polar surface area (TPSA) is 79.8 Å². The number of amides is 1. The number of carbonyl (C=O) groups excluding carboxylic acids is 1. The highest BCUT2D eigenvalue weighted by Crippen LogP contribution is 2.22. The molecule has 1 aromatic rings. The lowest BCUT2D eigenvalue weighted by atomic mass is 9.87. The van der Waals surface area contributed by atoms with Crippen LogP contribution >= 0.6 is 11.6 Å². The van der Waals surface area contributed by atoms with Crippen LogP contribution in [0.3, 0.4) is 0 Å². The Balaban J connectivity index is 1.87. The third-order valence-electron chi connectivity index (χ3n) is 5.42. The summed E-state index contributed by atoms with van der Waals surface area (Å²) in [6, 6.07) is 9.39. The molecule has 2 unspecified atom stereocenters. The highest BCUT2D eigenvalue weighted by atomic mass is 35.5. The Morgan fingerprint density at radius 2 is 2.10 bits per heavy atom. The van der Waals surface area contributed by atoms with Gasteiger partial charge in [-0.3, -0.25) is 0 Å². The van der Waals surface area contributed by atoms with Gasteiger partial charge in [-0.1, -0.05) is 50.6 Å². The maximum absolute atomic E-state index is 12.4. The van der Waals surface area contributed by atoms with Gasteiger partial charge in [-0.15, -0.1) is 11.6 Å². The number of ether oxygens (including phenoxy) is 2. The van der Waals surface area contributed by atoms with E-state index in [-0.39, 0.29) is 11.5 Å². The molecule has 1 aliphatic rings. The van der Waals surface area contributed by atoms with Crippen LogP contribution in [-0.2, 0) is 15.9 Å². The van der Waals surface area contributed by atoms with Crippen LogP contribution in [0.25, 0.3) is 0 Å². The lowest BCUT2D eigenvalue weighted by Gasteiger charge is -2.28. The van der Waals surface area contributed by atoms with Gasteiger partial charge in [-0.2, -0.15) is 0 Å². The van der Waals surface area contributed by atoms with Crippen LogP contribution in [0.4, 0.5) is 4.79 Å². The zero-order valence-electron chi connectivity index (χ0n) is 18.2. The summed E-state index contributed by atoms with van der Waals surface area (Å²) in [5.74, 6) is 0.693. The molecule has 3 N–H and O–H groups in total. The molecular formula is C23H37ClN2O4. The maximum Gasteiger partial charge on any atom is 0.407 e. The third-order valence-corrected chi connectivity index (χ3v) is 5.69. The van der Waals surface area contributed by atoms with Crippen molar-refractivity contribution in [2.45, 2.75) is 64.2 Å². The predicted molar refractivity (Wildman–Crippen MR) is 120 cm³/mol. The third kappa shape index (κ3) is 9.65. The first-order valence-corrected chi connectivity index (χ1v) is 11.5. The normalized spacial score (nSPS) is 18.7. The number of rotatable bonds is 13. The zero-order chi connectivity index (χ0) is 21.8. The van der Waals surface area contributed by atoms with Gasteiger partial charge >= 0.3 is 6.09 Å². The fourth-order valence-corrected chi connectivity index (χ4v) is 3.77. The number of alkyl carbamates (subject to hydrolysis) is 1. The predicted octanol–water partition coefficient (Wildman–Crippen LogP) is 3.50. The smallest absolute Gasteiger partial charge is 0.407 e. The fourth-order valence-electron chi connectivity index (χ4n) is 3.58. The number of hydrogen-bond donors (Lipinski definition) is 3. The van der Waals surface area contributed by atoms with Crippen LogP contribution in [-0.4, -0.2) is 61.6 Å². The van der Waals surface area contributed by atoms with Crippen molar-refractivity contribution in [3.8, 4) is 0 Å². The second kappa shape index (κ2) is 13.2. The molecule has 1 aromatic carbocycles. The van der Waals surface area contributed by atoms with E-state index >= 15 is 0 Å². The molecule has 0 radical (unpaired) electrons. The van der Waals surface area contributed by atoms with Crippen LogP contribution in [0, 0.1) is 5.41 Å². The number of aliphatic hydroxyl groups is 1. The van der Waals surface area contributed by atoms with Crippen molar-refractivity contribution in [2.24, 2.45) is 5.41 Å². The Kier molecular flexibility index (Phi) is 10.9. The Hall–Kier alpha value is -1.34. The second-order valence-corrected chi connectivity index (χ2v) is 9.22. The van der Waals surface area contributed by atoms with Gasteiger partial charge in [0, 0.05) is 25.4 Å². The van der Waals surface area contributed by atoms with Crippen molar-refractivity contribution < 1.29 is 19.4 Å². The van der Waals surface area contributed by atoms with E-state index in [1.54, 1.807) is 0 Å². The number of nitrogens with one attached hydrogen (secondary N) is 2. The van der Waals surface area contributed by atoms with E-state index in [4.69, 9.17) is 21.1 Å². The summed E-state index contributed by atoms with van der Waals surface area (Å²) in [5.41, 5.74) is 1.17. The second-order valence-electron chi connectivity index (χ2n) is 8.84. The molecule has 0 aromatic heterocycles. The Morgan fingerprint density at radius 1 is 1.33 bits per heavy atom. The number of halogens is 1. The number of hydrogen-bond acceptors (Lipinski definition) is 5. The first-order valence-electron chi connectivity index (χ1n) is 10.9. The standard InChI is InChI=1S/C23H37ClN2O4/c1-23(2,11-6-7-12-24)17-25-15-21(27)20(14-18-8-4-3-5-9-18)26-22(28)30-19-10-13-29-16-19/h3-5,8-9,19-21,25,27H,6-7,10-17H2,1-2H3,(H,26,28)/t19?,20-,21?/m0/s1. The number of carbonyl (C=O) groups is 1. The molecule has 1 heterocycles. The van der Waals surface area contributed by atoms with Crippen molar-refractivity contribution in [1.82, 2.24) is 10.6 Å². The summed E-state index contributed by atoms with van der Waals surface area (Å²) in [4.78, 5) is 12.4. The SMILES string of the molecule is CC(C)(CCCCCl)CNCC(O)[C@H](Cc1ccccc1)NC(=O)OC1CCOC1. The van der Waals surface area contributed by atoms with Crippen LogP contribution in [0.2, 0.25) is 0 Å². The minimum absolute atomic E-state index is 0.121. The lowest BCUT2D eigenvalue weighted by Crippen LogP contribution is -2.50. The van der Waals surface area contributed by atoms with E-state index in [2.05, 4.69) is 24.5 Å². The molecule has 1 saturated heterocycles. The van der Waals surface area contributed by atoms with E-state index in [9.17, 15) is 9.90 Å². The molecule has 0 bridgehead atoms. The molecule has 30 heavy (non-hydrogen) atoms. The number of alkyl halides is 1. The summed E-state index contributed by atoms with van der Waals surface area (Å²) in [6.45, 7) is 6.64. The van der Waals surface area contributed by atoms with Crippen molar-refractivity contribution >= 4 is 17.7 Å². The molecule has 0 spiro atoms. The van der Waals surface area contributed by atoms with Crippen molar-refractivity contribution in [1.29, 1.82) is 0 Å². The molecule has 170 valence electrons. The van der Waals surface area contributed by atoms with Gasteiger partial charge in [0.2, 0.25) is 0 Å². The monoisotopic (exact) mass is 440 g/mol. The van der Waals surface area contributed by atoms with Gasteiger partial charge in [0.05, 0.1) is 25.4 Å². The van der Waals surface area contributed by atoms with Crippen molar-refractivity contribution in [2.75, 3.05) is 32.2 Å². The zero-order valence-corrected chi connectivity index (χ0v) is 19.0. The lowest BCUT2D eigenvalue weighted by molar-refractivity contribution is 0.0684. The van der Waals surface area contributed by atoms with Gasteiger partial charge in [0.15, 0.2) is 0 Å². The average molecular weight is 441 g/mol. The highest BCUT2D eigenvalue weighted by Gasteiger charge is 2.26. The summed E-state index contributed by atoms with van der Waals surface area (Å²) < 4.78 is 10.7. The average Bonchev–Trinajstić information content (AvgIpc) is 3.21. The minimum Gasteiger partial charge on any atom is -0.444 e. The van der Waals surface area contributed by atoms with E-state index < -0.39 is 18.2 Å². The minimum atomic E-state index is -0.740. The van der Waals surface area contributed by atoms with Crippen LogP contribution in [0.5, 0.6) is 0 Å². The summed E-state index contributed by atoms with van der Waals surface area (Å²) >= 11 is 5.77. The Labute approximate surface area is 185 Å². The summed E-state index contributed by atoms with van der Waals surface area (Å²) in [6.07, 6.45) is 2.96. The summed E-state index contributed by atoms with van der Waals surface area (Å²) in [7, 11) is 0. The molecular weight excluding hydrogens is 404 g/mol. The largest absolute Gasteiger partial charge is 0.444 e. The number of aliphatic hydroxyl groups excluding tert-OH is 1. The molecule has 7 heteroatoms. The highest BCUT2D eigenvalue weighted by molar-refractivity contribution is 6.17. The molecule has 6 nitrogen and oxygen atoms in total. The van der Waals surface area contributed by atoms with Crippen molar-refractivity contribution in [3.05, 3.63) is 35.9 Å². The molecule has 1 amide bonds. The number of unbranched alkanes of at least 4 members (excludes halogenated alkanes) is 1. The maximum atomic E-state index is 12.4. The van der Waals surface area contributed by atoms with E-state index in [1.807, 2.05) is 30.3 Å². The first-order chi connectivity index (χ1) is 14.4.